The molecule has 2 rings (SSSR count). The summed E-state index contributed by atoms with van der Waals surface area (Å²) in [5.74, 6) is 0.910. The van der Waals surface area contributed by atoms with Crippen molar-refractivity contribution in [3.8, 4) is 5.75 Å². The highest BCUT2D eigenvalue weighted by molar-refractivity contribution is 5.36. The normalized spacial score (nSPS) is 23.9. The zero-order valence-electron chi connectivity index (χ0n) is 11.6. The van der Waals surface area contributed by atoms with Crippen molar-refractivity contribution >= 4 is 0 Å². The van der Waals surface area contributed by atoms with Crippen molar-refractivity contribution in [2.45, 2.75) is 38.9 Å². The van der Waals surface area contributed by atoms with E-state index in [9.17, 15) is 0 Å². The monoisotopic (exact) mass is 249 g/mol. The van der Waals surface area contributed by atoms with E-state index in [1.165, 1.54) is 12.0 Å². The van der Waals surface area contributed by atoms with Crippen molar-refractivity contribution in [1.29, 1.82) is 0 Å². The molecule has 18 heavy (non-hydrogen) atoms. The molecular weight excluding hydrogens is 226 g/mol. The fourth-order valence-electron chi connectivity index (χ4n) is 2.42. The predicted octanol–water partition coefficient (Wildman–Crippen LogP) is 2.66. The lowest BCUT2D eigenvalue weighted by atomic mass is 9.96. The van der Waals surface area contributed by atoms with Crippen molar-refractivity contribution in [3.05, 3.63) is 29.3 Å². The largest absolute Gasteiger partial charge is 0.496 e. The predicted molar refractivity (Wildman–Crippen MR) is 73.0 cm³/mol. The van der Waals surface area contributed by atoms with Crippen LogP contribution in [0.3, 0.4) is 0 Å². The van der Waals surface area contributed by atoms with Gasteiger partial charge in [-0.25, -0.2) is 0 Å². The summed E-state index contributed by atoms with van der Waals surface area (Å²) < 4.78 is 11.5. The molecule has 1 unspecified atom stereocenters. The van der Waals surface area contributed by atoms with Crippen molar-refractivity contribution in [2.24, 2.45) is 0 Å². The second kappa shape index (κ2) is 5.72. The summed E-state index contributed by atoms with van der Waals surface area (Å²) in [6, 6.07) is 6.21. The summed E-state index contributed by atoms with van der Waals surface area (Å²) in [6.07, 6.45) is 2.30. The smallest absolute Gasteiger partial charge is 0.124 e. The van der Waals surface area contributed by atoms with Gasteiger partial charge in [-0.2, -0.15) is 0 Å². The maximum absolute atomic E-state index is 6.11. The number of hydrogen-bond donors (Lipinski definition) is 1. The van der Waals surface area contributed by atoms with Gasteiger partial charge in [0.15, 0.2) is 0 Å². The summed E-state index contributed by atoms with van der Waals surface area (Å²) in [5, 5.41) is 3.40. The Labute approximate surface area is 109 Å². The third-order valence-corrected chi connectivity index (χ3v) is 3.57. The Morgan fingerprint density at radius 3 is 2.89 bits per heavy atom. The maximum atomic E-state index is 6.11. The minimum Gasteiger partial charge on any atom is -0.496 e. The van der Waals surface area contributed by atoms with E-state index in [-0.39, 0.29) is 5.60 Å². The number of piperidine rings is 1. The van der Waals surface area contributed by atoms with Crippen LogP contribution in [-0.4, -0.2) is 25.8 Å². The quantitative estimate of drug-likeness (QED) is 0.890. The van der Waals surface area contributed by atoms with Crippen LogP contribution in [0.25, 0.3) is 0 Å². The Morgan fingerprint density at radius 1 is 1.39 bits per heavy atom. The van der Waals surface area contributed by atoms with E-state index in [0.29, 0.717) is 6.61 Å². The molecule has 1 aromatic carbocycles. The standard InChI is InChI=1S/C15H23NO2/c1-12-5-6-14(17-3)13(9-12)10-18-15(2)7-4-8-16-11-15/h5-6,9,16H,4,7-8,10-11H2,1-3H3. The van der Waals surface area contributed by atoms with Gasteiger partial charge in [0.25, 0.3) is 0 Å². The van der Waals surface area contributed by atoms with Crippen LogP contribution in [0.2, 0.25) is 0 Å². The molecule has 0 aromatic heterocycles. The molecule has 1 atom stereocenters. The van der Waals surface area contributed by atoms with Gasteiger partial charge in [0.05, 0.1) is 19.3 Å². The lowest BCUT2D eigenvalue weighted by molar-refractivity contribution is -0.0576. The zero-order chi connectivity index (χ0) is 13.0. The first-order valence-electron chi connectivity index (χ1n) is 6.61. The van der Waals surface area contributed by atoms with Crippen LogP contribution < -0.4 is 10.1 Å². The van der Waals surface area contributed by atoms with E-state index in [1.54, 1.807) is 7.11 Å². The Balaban J connectivity index is 2.02. The number of aryl methyl sites for hydroxylation is 1. The minimum atomic E-state index is -0.0486. The van der Waals surface area contributed by atoms with Gasteiger partial charge in [-0.15, -0.1) is 0 Å². The van der Waals surface area contributed by atoms with E-state index in [4.69, 9.17) is 9.47 Å². The number of methoxy groups -OCH3 is 1. The summed E-state index contributed by atoms with van der Waals surface area (Å²) in [7, 11) is 1.71. The van der Waals surface area contributed by atoms with Gasteiger partial charge < -0.3 is 14.8 Å². The molecule has 0 saturated carbocycles. The summed E-state index contributed by atoms with van der Waals surface area (Å²) in [5.41, 5.74) is 2.32. The van der Waals surface area contributed by atoms with E-state index in [1.807, 2.05) is 6.07 Å². The highest BCUT2D eigenvalue weighted by Gasteiger charge is 2.27. The molecule has 0 bridgehead atoms. The molecule has 1 heterocycles. The van der Waals surface area contributed by atoms with Crippen LogP contribution in [-0.2, 0) is 11.3 Å². The molecule has 1 fully saturated rings. The van der Waals surface area contributed by atoms with Gasteiger partial charge in [-0.05, 0) is 39.3 Å². The Bertz CT molecular complexity index is 397. The van der Waals surface area contributed by atoms with Crippen LogP contribution >= 0.6 is 0 Å². The molecule has 1 saturated heterocycles. The van der Waals surface area contributed by atoms with E-state index in [2.05, 4.69) is 31.3 Å². The van der Waals surface area contributed by atoms with Gasteiger partial charge in [-0.1, -0.05) is 17.7 Å². The van der Waals surface area contributed by atoms with Crippen LogP contribution in [0, 0.1) is 6.92 Å². The Hall–Kier alpha value is -1.06. The second-order valence-electron chi connectivity index (χ2n) is 5.33. The highest BCUT2D eigenvalue weighted by Crippen LogP contribution is 2.25. The van der Waals surface area contributed by atoms with Gasteiger partial charge in [0.1, 0.15) is 5.75 Å². The zero-order valence-corrected chi connectivity index (χ0v) is 11.6. The molecule has 3 nitrogen and oxygen atoms in total. The fraction of sp³-hybridized carbons (Fsp3) is 0.600. The van der Waals surface area contributed by atoms with Crippen LogP contribution in [0.4, 0.5) is 0 Å². The molecule has 1 N–H and O–H groups in total. The molecule has 0 aliphatic carbocycles. The number of rotatable bonds is 4. The fourth-order valence-corrected chi connectivity index (χ4v) is 2.42. The summed E-state index contributed by atoms with van der Waals surface area (Å²) in [6.45, 7) is 6.92. The highest BCUT2D eigenvalue weighted by atomic mass is 16.5. The van der Waals surface area contributed by atoms with Crippen LogP contribution in [0.1, 0.15) is 30.9 Å². The first-order chi connectivity index (χ1) is 8.63. The lowest BCUT2D eigenvalue weighted by Gasteiger charge is -2.34. The third-order valence-electron chi connectivity index (χ3n) is 3.57. The van der Waals surface area contributed by atoms with Crippen LogP contribution in [0.5, 0.6) is 5.75 Å². The molecule has 1 aliphatic heterocycles. The van der Waals surface area contributed by atoms with Gasteiger partial charge in [0.2, 0.25) is 0 Å². The third kappa shape index (κ3) is 3.24. The first-order valence-corrected chi connectivity index (χ1v) is 6.61. The van der Waals surface area contributed by atoms with Gasteiger partial charge >= 0.3 is 0 Å². The average Bonchev–Trinajstić information content (AvgIpc) is 2.38. The van der Waals surface area contributed by atoms with Crippen molar-refractivity contribution in [2.75, 3.05) is 20.2 Å². The molecule has 0 amide bonds. The van der Waals surface area contributed by atoms with Crippen LogP contribution in [0.15, 0.2) is 18.2 Å². The van der Waals surface area contributed by atoms with E-state index >= 15 is 0 Å². The number of benzene rings is 1. The molecule has 3 heteroatoms. The molecular formula is C15H23NO2. The number of ether oxygens (including phenoxy) is 2. The molecule has 0 spiro atoms. The summed E-state index contributed by atoms with van der Waals surface area (Å²) in [4.78, 5) is 0. The van der Waals surface area contributed by atoms with Gasteiger partial charge in [-0.3, -0.25) is 0 Å². The summed E-state index contributed by atoms with van der Waals surface area (Å²) >= 11 is 0. The van der Waals surface area contributed by atoms with Crippen molar-refractivity contribution in [1.82, 2.24) is 5.32 Å². The van der Waals surface area contributed by atoms with E-state index < -0.39 is 0 Å². The topological polar surface area (TPSA) is 30.5 Å². The maximum Gasteiger partial charge on any atom is 0.124 e. The molecule has 1 aliphatic rings. The molecule has 100 valence electrons. The number of nitrogens with one attached hydrogen (secondary N) is 1. The minimum absolute atomic E-state index is 0.0486. The van der Waals surface area contributed by atoms with Gasteiger partial charge in [0, 0.05) is 12.1 Å². The second-order valence-corrected chi connectivity index (χ2v) is 5.33. The first kappa shape index (κ1) is 13.4. The molecule has 1 aromatic rings. The van der Waals surface area contributed by atoms with Crippen molar-refractivity contribution < 1.29 is 9.47 Å². The Morgan fingerprint density at radius 2 is 2.22 bits per heavy atom. The number of hydrogen-bond acceptors (Lipinski definition) is 3. The lowest BCUT2D eigenvalue weighted by Crippen LogP contribution is -2.45. The average molecular weight is 249 g/mol. The van der Waals surface area contributed by atoms with Crippen molar-refractivity contribution in [3.63, 3.8) is 0 Å². The SMILES string of the molecule is COc1ccc(C)cc1COC1(C)CCCNC1. The molecule has 0 radical (unpaired) electrons. The van der Waals surface area contributed by atoms with E-state index in [0.717, 1.165) is 30.8 Å². The Kier molecular flexibility index (Phi) is 4.25.